The Morgan fingerprint density at radius 1 is 1.09 bits per heavy atom. The van der Waals surface area contributed by atoms with Crippen molar-refractivity contribution in [1.82, 2.24) is 14.0 Å². The fraction of sp³-hybridized carbons (Fsp3) is 0.375. The van der Waals surface area contributed by atoms with Crippen molar-refractivity contribution in [2.45, 2.75) is 19.5 Å². The Morgan fingerprint density at radius 3 is 2.45 bits per heavy atom. The van der Waals surface area contributed by atoms with Crippen LogP contribution >= 0.6 is 0 Å². The number of benzene rings is 1. The number of nitrogens with zero attached hydrogens (tertiary/aromatic N) is 3. The molecule has 0 unspecified atom stereocenters. The standard InChI is InChI=1S/C16H20N4O2/c1-11(12-7-5-4-6-8-12)20-9-13-14(17-10-20)18(2)16(22)19(3)15(13)21/h4-8,11,17H,9-10H2,1-3H3/t11-/m1/s1. The van der Waals surface area contributed by atoms with Gasteiger partial charge in [0.05, 0.1) is 12.2 Å². The van der Waals surface area contributed by atoms with Crippen molar-refractivity contribution in [3.8, 4) is 0 Å². The van der Waals surface area contributed by atoms with Crippen LogP contribution in [0.5, 0.6) is 0 Å². The molecule has 0 saturated heterocycles. The average molecular weight is 300 g/mol. The molecule has 1 aromatic heterocycles. The van der Waals surface area contributed by atoms with Crippen LogP contribution in [0.15, 0.2) is 39.9 Å². The fourth-order valence-corrected chi connectivity index (χ4v) is 2.93. The van der Waals surface area contributed by atoms with Gasteiger partial charge in [-0.25, -0.2) is 4.79 Å². The molecule has 0 radical (unpaired) electrons. The van der Waals surface area contributed by atoms with Crippen LogP contribution in [0.3, 0.4) is 0 Å². The van der Waals surface area contributed by atoms with E-state index in [2.05, 4.69) is 29.3 Å². The number of aromatic nitrogens is 2. The maximum absolute atomic E-state index is 12.4. The summed E-state index contributed by atoms with van der Waals surface area (Å²) in [4.78, 5) is 26.5. The van der Waals surface area contributed by atoms with Crippen LogP contribution in [0.25, 0.3) is 0 Å². The zero-order valence-electron chi connectivity index (χ0n) is 13.0. The molecule has 6 nitrogen and oxygen atoms in total. The van der Waals surface area contributed by atoms with Crippen molar-refractivity contribution in [2.75, 3.05) is 12.0 Å². The Hall–Kier alpha value is -2.34. The lowest BCUT2D eigenvalue weighted by Crippen LogP contribution is -2.46. The van der Waals surface area contributed by atoms with Crippen LogP contribution in [0.4, 0.5) is 5.82 Å². The zero-order chi connectivity index (χ0) is 15.9. The van der Waals surface area contributed by atoms with Crippen LogP contribution in [0.2, 0.25) is 0 Å². The van der Waals surface area contributed by atoms with Crippen molar-refractivity contribution in [3.63, 3.8) is 0 Å². The first kappa shape index (κ1) is 14.6. The SMILES string of the molecule is C[C@H](c1ccccc1)N1CNc2c(c(=O)n(C)c(=O)n2C)C1. The number of nitrogens with one attached hydrogen (secondary N) is 1. The molecule has 0 amide bonds. The van der Waals surface area contributed by atoms with Gasteiger partial charge >= 0.3 is 5.69 Å². The van der Waals surface area contributed by atoms with E-state index in [0.29, 0.717) is 24.6 Å². The topological polar surface area (TPSA) is 59.3 Å². The number of hydrogen-bond donors (Lipinski definition) is 1. The molecule has 1 atom stereocenters. The molecule has 0 aliphatic carbocycles. The van der Waals surface area contributed by atoms with Gasteiger partial charge in [-0.2, -0.15) is 0 Å². The highest BCUT2D eigenvalue weighted by Gasteiger charge is 2.26. The van der Waals surface area contributed by atoms with Crippen molar-refractivity contribution in [2.24, 2.45) is 14.1 Å². The van der Waals surface area contributed by atoms with Crippen LogP contribution in [-0.2, 0) is 20.6 Å². The second kappa shape index (κ2) is 5.46. The Morgan fingerprint density at radius 2 is 1.77 bits per heavy atom. The molecule has 6 heteroatoms. The first-order chi connectivity index (χ1) is 10.5. The van der Waals surface area contributed by atoms with Crippen molar-refractivity contribution < 1.29 is 0 Å². The molecule has 0 bridgehead atoms. The van der Waals surface area contributed by atoms with E-state index in [1.165, 1.54) is 17.2 Å². The maximum atomic E-state index is 12.4. The van der Waals surface area contributed by atoms with E-state index in [1.807, 2.05) is 18.2 Å². The van der Waals surface area contributed by atoms with Crippen LogP contribution in [0, 0.1) is 0 Å². The summed E-state index contributed by atoms with van der Waals surface area (Å²) < 4.78 is 2.67. The highest BCUT2D eigenvalue weighted by molar-refractivity contribution is 5.45. The summed E-state index contributed by atoms with van der Waals surface area (Å²) in [5, 5.41) is 3.22. The molecule has 2 aromatic rings. The van der Waals surface area contributed by atoms with Crippen molar-refractivity contribution >= 4 is 5.82 Å². The summed E-state index contributed by atoms with van der Waals surface area (Å²) in [7, 11) is 3.20. The molecular formula is C16H20N4O2. The first-order valence-electron chi connectivity index (χ1n) is 7.32. The summed E-state index contributed by atoms with van der Waals surface area (Å²) in [6, 6.07) is 10.4. The minimum Gasteiger partial charge on any atom is -0.358 e. The molecule has 3 rings (SSSR count). The van der Waals surface area contributed by atoms with E-state index in [0.717, 1.165) is 4.57 Å². The summed E-state index contributed by atoms with van der Waals surface area (Å²) in [5.74, 6) is 0.629. The van der Waals surface area contributed by atoms with Gasteiger partial charge in [0.15, 0.2) is 0 Å². The summed E-state index contributed by atoms with van der Waals surface area (Å²) in [6.45, 7) is 3.25. The van der Waals surface area contributed by atoms with Gasteiger partial charge in [0.25, 0.3) is 5.56 Å². The smallest absolute Gasteiger partial charge is 0.332 e. The molecule has 1 N–H and O–H groups in total. The van der Waals surface area contributed by atoms with Crippen molar-refractivity contribution in [1.29, 1.82) is 0 Å². The highest BCUT2D eigenvalue weighted by atomic mass is 16.2. The van der Waals surface area contributed by atoms with Gasteiger partial charge in [0.1, 0.15) is 5.82 Å². The zero-order valence-corrected chi connectivity index (χ0v) is 13.0. The van der Waals surface area contributed by atoms with Crippen LogP contribution < -0.4 is 16.6 Å². The van der Waals surface area contributed by atoms with Gasteiger partial charge < -0.3 is 5.32 Å². The summed E-state index contributed by atoms with van der Waals surface area (Å²) in [6.07, 6.45) is 0. The molecule has 0 saturated carbocycles. The third-order valence-corrected chi connectivity index (χ3v) is 4.40. The minimum absolute atomic E-state index is 0.184. The number of hydrogen-bond acceptors (Lipinski definition) is 4. The van der Waals surface area contributed by atoms with E-state index < -0.39 is 0 Å². The second-order valence-corrected chi connectivity index (χ2v) is 5.70. The van der Waals surface area contributed by atoms with E-state index in [-0.39, 0.29) is 17.3 Å². The molecule has 1 aromatic carbocycles. The third-order valence-electron chi connectivity index (χ3n) is 4.40. The van der Waals surface area contributed by atoms with E-state index in [1.54, 1.807) is 7.05 Å². The van der Waals surface area contributed by atoms with E-state index in [4.69, 9.17) is 0 Å². The number of rotatable bonds is 2. The van der Waals surface area contributed by atoms with Crippen LogP contribution in [0.1, 0.15) is 24.1 Å². The predicted molar refractivity (Wildman–Crippen MR) is 85.8 cm³/mol. The molecule has 0 spiro atoms. The molecule has 2 heterocycles. The van der Waals surface area contributed by atoms with E-state index in [9.17, 15) is 9.59 Å². The summed E-state index contributed by atoms with van der Waals surface area (Å²) >= 11 is 0. The average Bonchev–Trinajstić information content (AvgIpc) is 2.57. The second-order valence-electron chi connectivity index (χ2n) is 5.70. The summed E-state index contributed by atoms with van der Waals surface area (Å²) in [5.41, 5.74) is 1.31. The van der Waals surface area contributed by atoms with Gasteiger partial charge in [-0.3, -0.25) is 18.8 Å². The number of fused-ring (bicyclic) bond motifs is 1. The first-order valence-corrected chi connectivity index (χ1v) is 7.32. The highest BCUT2D eigenvalue weighted by Crippen LogP contribution is 2.26. The van der Waals surface area contributed by atoms with Gasteiger partial charge in [-0.15, -0.1) is 0 Å². The molecule has 0 fully saturated rings. The Labute approximate surface area is 128 Å². The molecular weight excluding hydrogens is 280 g/mol. The number of anilines is 1. The van der Waals surface area contributed by atoms with Gasteiger partial charge in [-0.1, -0.05) is 30.3 Å². The fourth-order valence-electron chi connectivity index (χ4n) is 2.93. The van der Waals surface area contributed by atoms with Crippen molar-refractivity contribution in [3.05, 3.63) is 62.3 Å². The maximum Gasteiger partial charge on any atom is 0.332 e. The predicted octanol–water partition coefficient (Wildman–Crippen LogP) is 1.03. The minimum atomic E-state index is -0.305. The molecule has 22 heavy (non-hydrogen) atoms. The lowest BCUT2D eigenvalue weighted by molar-refractivity contribution is 0.206. The lowest BCUT2D eigenvalue weighted by Gasteiger charge is -2.35. The Kier molecular flexibility index (Phi) is 3.62. The quantitative estimate of drug-likeness (QED) is 0.900. The van der Waals surface area contributed by atoms with Gasteiger partial charge in [0, 0.05) is 26.7 Å². The van der Waals surface area contributed by atoms with Gasteiger partial charge in [0.2, 0.25) is 0 Å². The van der Waals surface area contributed by atoms with Crippen LogP contribution in [-0.4, -0.2) is 20.7 Å². The molecule has 1 aliphatic heterocycles. The van der Waals surface area contributed by atoms with Gasteiger partial charge in [-0.05, 0) is 12.5 Å². The monoisotopic (exact) mass is 300 g/mol. The third kappa shape index (κ3) is 2.25. The van der Waals surface area contributed by atoms with E-state index >= 15 is 0 Å². The molecule has 116 valence electrons. The normalized spacial score (nSPS) is 16.0. The Bertz CT molecular complexity index is 807. The largest absolute Gasteiger partial charge is 0.358 e. The molecule has 1 aliphatic rings. The Balaban J connectivity index is 1.98. The lowest BCUT2D eigenvalue weighted by atomic mass is 10.1.